The summed E-state index contributed by atoms with van der Waals surface area (Å²) in [5.41, 5.74) is 3.51. The Morgan fingerprint density at radius 3 is 2.89 bits per heavy atom. The number of carbonyl (C=O) groups excluding carboxylic acids is 1. The molecule has 5 nitrogen and oxygen atoms in total. The maximum Gasteiger partial charge on any atom is 0.327 e. The largest absolute Gasteiger partial charge is 0.445 e. The van der Waals surface area contributed by atoms with Gasteiger partial charge in [0.15, 0.2) is 5.13 Å². The molecule has 0 saturated carbocycles. The van der Waals surface area contributed by atoms with Crippen LogP contribution in [0.1, 0.15) is 24.0 Å². The van der Waals surface area contributed by atoms with Crippen molar-refractivity contribution in [1.82, 2.24) is 4.98 Å². The number of carbonyl (C=O) groups is 1. The normalized spacial score (nSPS) is 12.9. The van der Waals surface area contributed by atoms with Crippen molar-refractivity contribution < 1.29 is 13.9 Å². The van der Waals surface area contributed by atoms with Crippen LogP contribution in [0.15, 0.2) is 48.7 Å². The van der Waals surface area contributed by atoms with Crippen molar-refractivity contribution in [1.29, 1.82) is 0 Å². The Hall–Kier alpha value is -2.93. The Morgan fingerprint density at radius 1 is 1.21 bits per heavy atom. The quantitative estimate of drug-likeness (QED) is 0.621. The zero-order valence-electron chi connectivity index (χ0n) is 15.4. The molecule has 1 aromatic heterocycles. The van der Waals surface area contributed by atoms with Crippen LogP contribution in [0.2, 0.25) is 0 Å². The van der Waals surface area contributed by atoms with Gasteiger partial charge in [-0.05, 0) is 55.0 Å². The van der Waals surface area contributed by atoms with E-state index in [2.05, 4.69) is 16.4 Å². The summed E-state index contributed by atoms with van der Waals surface area (Å²) in [6.07, 6.45) is 5.90. The van der Waals surface area contributed by atoms with E-state index < -0.39 is 0 Å². The third-order valence-electron chi connectivity index (χ3n) is 4.75. The summed E-state index contributed by atoms with van der Waals surface area (Å²) < 4.78 is 18.9. The number of amides is 2. The molecule has 0 radical (unpaired) electrons. The molecule has 0 spiro atoms. The Balaban J connectivity index is 1.45. The molecule has 1 aliphatic carbocycles. The summed E-state index contributed by atoms with van der Waals surface area (Å²) in [5.74, 6) is 0.0120. The number of halogens is 1. The molecule has 2 amide bonds. The second kappa shape index (κ2) is 7.98. The molecule has 1 N–H and O–H groups in total. The molecular formula is C21H20FN3O2S. The molecule has 0 fully saturated rings. The van der Waals surface area contributed by atoms with Crippen LogP contribution in [-0.4, -0.2) is 18.1 Å². The predicted molar refractivity (Wildman–Crippen MR) is 109 cm³/mol. The van der Waals surface area contributed by atoms with Gasteiger partial charge in [-0.2, -0.15) is 0 Å². The second-order valence-electron chi connectivity index (χ2n) is 6.65. The highest BCUT2D eigenvalue weighted by atomic mass is 32.1. The number of hydrogen-bond acceptors (Lipinski definition) is 4. The molecule has 4 rings (SSSR count). The minimum Gasteiger partial charge on any atom is -0.445 e. The number of aryl methyl sites for hydroxylation is 1. The predicted octanol–water partition coefficient (Wildman–Crippen LogP) is 5.62. The molecule has 0 bridgehead atoms. The van der Waals surface area contributed by atoms with Gasteiger partial charge in [0.05, 0.1) is 6.20 Å². The minimum absolute atomic E-state index is 0.259. The van der Waals surface area contributed by atoms with E-state index in [0.717, 1.165) is 24.9 Å². The number of anilines is 2. The highest BCUT2D eigenvalue weighted by Crippen LogP contribution is 2.32. The monoisotopic (exact) mass is 397 g/mol. The van der Waals surface area contributed by atoms with Gasteiger partial charge >= 0.3 is 6.03 Å². The summed E-state index contributed by atoms with van der Waals surface area (Å²) in [4.78, 5) is 18.5. The summed E-state index contributed by atoms with van der Waals surface area (Å²) in [6.45, 7) is 0. The van der Waals surface area contributed by atoms with E-state index >= 15 is 0 Å². The number of urea groups is 1. The maximum absolute atomic E-state index is 13.3. The van der Waals surface area contributed by atoms with E-state index in [-0.39, 0.29) is 11.8 Å². The molecule has 144 valence electrons. The van der Waals surface area contributed by atoms with Crippen molar-refractivity contribution in [2.24, 2.45) is 0 Å². The Labute approximate surface area is 166 Å². The van der Waals surface area contributed by atoms with Crippen molar-refractivity contribution in [3.63, 3.8) is 0 Å². The van der Waals surface area contributed by atoms with Crippen LogP contribution < -0.4 is 15.0 Å². The number of ether oxygens (including phenoxy) is 1. The van der Waals surface area contributed by atoms with Gasteiger partial charge in [-0.15, -0.1) is 0 Å². The number of nitrogens with zero attached hydrogens (tertiary/aromatic N) is 2. The van der Waals surface area contributed by atoms with E-state index in [0.29, 0.717) is 15.9 Å². The summed E-state index contributed by atoms with van der Waals surface area (Å²) in [6, 6.07) is 11.7. The first kappa shape index (κ1) is 18.4. The highest BCUT2D eigenvalue weighted by molar-refractivity contribution is 7.17. The van der Waals surface area contributed by atoms with Gasteiger partial charge in [0.1, 0.15) is 11.6 Å². The fraction of sp³-hybridized carbons (Fsp3) is 0.238. The fourth-order valence-electron chi connectivity index (χ4n) is 3.37. The molecule has 0 saturated heterocycles. The van der Waals surface area contributed by atoms with Crippen molar-refractivity contribution in [3.8, 4) is 10.8 Å². The average Bonchev–Trinajstić information content (AvgIpc) is 3.13. The molecule has 3 aromatic rings. The van der Waals surface area contributed by atoms with Crippen molar-refractivity contribution in [2.75, 3.05) is 17.3 Å². The Morgan fingerprint density at radius 2 is 2.04 bits per heavy atom. The van der Waals surface area contributed by atoms with Gasteiger partial charge in [0.25, 0.3) is 0 Å². The topological polar surface area (TPSA) is 54.5 Å². The summed E-state index contributed by atoms with van der Waals surface area (Å²) in [5, 5.41) is 3.70. The summed E-state index contributed by atoms with van der Waals surface area (Å²) in [7, 11) is 1.76. The molecule has 0 unspecified atom stereocenters. The lowest BCUT2D eigenvalue weighted by atomic mass is 9.90. The first-order valence-electron chi connectivity index (χ1n) is 9.15. The van der Waals surface area contributed by atoms with E-state index in [9.17, 15) is 9.18 Å². The number of aromatic nitrogens is 1. The van der Waals surface area contributed by atoms with Crippen molar-refractivity contribution >= 4 is 28.2 Å². The lowest BCUT2D eigenvalue weighted by molar-refractivity contribution is 0.258. The van der Waals surface area contributed by atoms with Gasteiger partial charge in [-0.1, -0.05) is 29.5 Å². The zero-order chi connectivity index (χ0) is 19.5. The molecule has 0 atom stereocenters. The Bertz CT molecular complexity index is 1000. The number of fused-ring (bicyclic) bond motifs is 1. The van der Waals surface area contributed by atoms with E-state index in [1.165, 1.54) is 47.2 Å². The van der Waals surface area contributed by atoms with Gasteiger partial charge in [-0.3, -0.25) is 10.2 Å². The SMILES string of the molecule is CN(C(=O)Nc1ncc(Oc2cccc(F)c2)s1)c1cccc2c1CCCC2. The fourth-order valence-corrected chi connectivity index (χ4v) is 4.05. The van der Waals surface area contributed by atoms with Crippen LogP contribution in [0.4, 0.5) is 20.0 Å². The number of rotatable bonds is 4. The molecule has 0 aliphatic heterocycles. The molecular weight excluding hydrogens is 377 g/mol. The minimum atomic E-state index is -0.372. The number of thiazole rings is 1. The van der Waals surface area contributed by atoms with E-state index in [1.54, 1.807) is 24.1 Å². The molecule has 1 heterocycles. The van der Waals surface area contributed by atoms with Crippen LogP contribution in [0.5, 0.6) is 10.8 Å². The third kappa shape index (κ3) is 3.99. The number of hydrogen-bond donors (Lipinski definition) is 1. The maximum atomic E-state index is 13.3. The summed E-state index contributed by atoms with van der Waals surface area (Å²) >= 11 is 1.19. The molecule has 28 heavy (non-hydrogen) atoms. The molecule has 7 heteroatoms. The number of nitrogens with one attached hydrogen (secondary N) is 1. The third-order valence-corrected chi connectivity index (χ3v) is 5.54. The highest BCUT2D eigenvalue weighted by Gasteiger charge is 2.20. The number of benzene rings is 2. The second-order valence-corrected chi connectivity index (χ2v) is 7.65. The van der Waals surface area contributed by atoms with Crippen molar-refractivity contribution in [3.05, 3.63) is 65.6 Å². The van der Waals surface area contributed by atoms with Crippen molar-refractivity contribution in [2.45, 2.75) is 25.7 Å². The van der Waals surface area contributed by atoms with Gasteiger partial charge < -0.3 is 4.74 Å². The zero-order valence-corrected chi connectivity index (χ0v) is 16.3. The Kier molecular flexibility index (Phi) is 5.25. The molecule has 2 aromatic carbocycles. The first-order valence-corrected chi connectivity index (χ1v) is 9.96. The lowest BCUT2D eigenvalue weighted by Crippen LogP contribution is -2.32. The van der Waals surface area contributed by atoms with Crippen LogP contribution >= 0.6 is 11.3 Å². The van der Waals surface area contributed by atoms with Gasteiger partial charge in [0, 0.05) is 18.8 Å². The van der Waals surface area contributed by atoms with Crippen LogP contribution in [0.3, 0.4) is 0 Å². The molecule has 1 aliphatic rings. The smallest absolute Gasteiger partial charge is 0.327 e. The van der Waals surface area contributed by atoms with E-state index in [4.69, 9.17) is 4.74 Å². The van der Waals surface area contributed by atoms with Gasteiger partial charge in [0.2, 0.25) is 5.06 Å². The van der Waals surface area contributed by atoms with Crippen LogP contribution in [0, 0.1) is 5.82 Å². The van der Waals surface area contributed by atoms with Crippen LogP contribution in [0.25, 0.3) is 0 Å². The first-order chi connectivity index (χ1) is 13.6. The average molecular weight is 397 g/mol. The van der Waals surface area contributed by atoms with E-state index in [1.807, 2.05) is 12.1 Å². The standard InChI is InChI=1S/C21H20FN3O2S/c1-25(18-11-4-7-14-6-2-3-10-17(14)18)21(26)24-20-23-13-19(28-20)27-16-9-5-8-15(22)12-16/h4-5,7-9,11-13H,2-3,6,10H2,1H3,(H,23,24,26). The lowest BCUT2D eigenvalue weighted by Gasteiger charge is -2.25. The van der Waals surface area contributed by atoms with Crippen LogP contribution in [-0.2, 0) is 12.8 Å². The van der Waals surface area contributed by atoms with Gasteiger partial charge in [-0.25, -0.2) is 14.2 Å².